The molecule has 2 N–H and O–H groups in total. The number of carbonyl (C=O) groups excluding carboxylic acids is 1. The Hall–Kier alpha value is -4.11. The van der Waals surface area contributed by atoms with Crippen molar-refractivity contribution in [3.05, 3.63) is 83.2 Å². The number of methoxy groups -OCH3 is 2. The maximum absolute atomic E-state index is 13.2. The van der Waals surface area contributed by atoms with Gasteiger partial charge in [-0.1, -0.05) is 0 Å². The molecule has 0 aliphatic carbocycles. The van der Waals surface area contributed by atoms with E-state index >= 15 is 0 Å². The van der Waals surface area contributed by atoms with E-state index in [1.54, 1.807) is 13.3 Å². The first-order valence-corrected chi connectivity index (χ1v) is 11.6. The standard InChI is InChI=1S/C27H29FN4O4/c1-35-25-10-3-19(17-29-30-27(34)20-4-9-24(33)26(16-20)36-2)15-21(25)18-31-11-13-32(14-12-31)23-7-5-22(28)6-8-23/h3-10,15-17,33H,11-14,18H2,1-2H3,(H,30,34). The van der Waals surface area contributed by atoms with Crippen molar-refractivity contribution in [1.29, 1.82) is 0 Å². The highest BCUT2D eigenvalue weighted by Gasteiger charge is 2.19. The first-order chi connectivity index (χ1) is 17.5. The van der Waals surface area contributed by atoms with Crippen molar-refractivity contribution in [2.24, 2.45) is 5.10 Å². The number of phenolic OH excluding ortho intramolecular Hbond substituents is 1. The Morgan fingerprint density at radius 3 is 2.42 bits per heavy atom. The van der Waals surface area contributed by atoms with Crippen molar-refractivity contribution in [3.8, 4) is 17.2 Å². The van der Waals surface area contributed by atoms with Gasteiger partial charge in [0.15, 0.2) is 11.5 Å². The molecule has 3 aromatic rings. The molecule has 0 bridgehead atoms. The van der Waals surface area contributed by atoms with Gasteiger partial charge in [-0.2, -0.15) is 5.10 Å². The molecule has 9 heteroatoms. The van der Waals surface area contributed by atoms with E-state index < -0.39 is 5.91 Å². The summed E-state index contributed by atoms with van der Waals surface area (Å²) in [5.41, 5.74) is 5.68. The van der Waals surface area contributed by atoms with Gasteiger partial charge in [-0.05, 0) is 66.2 Å². The van der Waals surface area contributed by atoms with Crippen molar-refractivity contribution < 1.29 is 23.8 Å². The largest absolute Gasteiger partial charge is 0.504 e. The van der Waals surface area contributed by atoms with Gasteiger partial charge < -0.3 is 19.5 Å². The molecule has 1 heterocycles. The van der Waals surface area contributed by atoms with Gasteiger partial charge in [0.2, 0.25) is 0 Å². The summed E-state index contributed by atoms with van der Waals surface area (Å²) < 4.78 is 23.8. The van der Waals surface area contributed by atoms with Gasteiger partial charge in [0.05, 0.1) is 20.4 Å². The average Bonchev–Trinajstić information content (AvgIpc) is 2.90. The number of hydrogen-bond acceptors (Lipinski definition) is 7. The van der Waals surface area contributed by atoms with Gasteiger partial charge in [0.25, 0.3) is 5.91 Å². The smallest absolute Gasteiger partial charge is 0.271 e. The molecule has 0 unspecified atom stereocenters. The zero-order chi connectivity index (χ0) is 25.5. The average molecular weight is 493 g/mol. The van der Waals surface area contributed by atoms with Crippen LogP contribution in [-0.4, -0.2) is 62.5 Å². The SMILES string of the molecule is COc1cc(C(=O)NN=Cc2ccc(OC)c(CN3CCN(c4ccc(F)cc4)CC3)c2)ccc1O. The molecule has 1 saturated heterocycles. The van der Waals surface area contributed by atoms with E-state index in [1.807, 2.05) is 30.3 Å². The number of phenols is 1. The molecule has 1 fully saturated rings. The third kappa shape index (κ3) is 6.11. The van der Waals surface area contributed by atoms with Crippen LogP contribution in [0.25, 0.3) is 0 Å². The lowest BCUT2D eigenvalue weighted by Crippen LogP contribution is -2.46. The number of nitrogens with zero attached hydrogens (tertiary/aromatic N) is 3. The molecular weight excluding hydrogens is 463 g/mol. The lowest BCUT2D eigenvalue weighted by atomic mass is 10.1. The lowest BCUT2D eigenvalue weighted by Gasteiger charge is -2.36. The number of rotatable bonds is 8. The zero-order valence-electron chi connectivity index (χ0n) is 20.3. The molecule has 0 aromatic heterocycles. The number of ether oxygens (including phenoxy) is 2. The minimum atomic E-state index is -0.419. The number of halogens is 1. The second-order valence-corrected chi connectivity index (χ2v) is 8.40. The van der Waals surface area contributed by atoms with Gasteiger partial charge >= 0.3 is 0 Å². The Labute approximate surface area is 209 Å². The number of piperazine rings is 1. The molecular formula is C27H29FN4O4. The lowest BCUT2D eigenvalue weighted by molar-refractivity contribution is 0.0954. The Morgan fingerprint density at radius 2 is 1.72 bits per heavy atom. The highest BCUT2D eigenvalue weighted by Crippen LogP contribution is 2.26. The predicted molar refractivity (Wildman–Crippen MR) is 137 cm³/mol. The van der Waals surface area contributed by atoms with Crippen molar-refractivity contribution in [2.75, 3.05) is 45.3 Å². The van der Waals surface area contributed by atoms with Crippen molar-refractivity contribution in [3.63, 3.8) is 0 Å². The van der Waals surface area contributed by atoms with E-state index in [4.69, 9.17) is 9.47 Å². The molecule has 1 aliphatic heterocycles. The Morgan fingerprint density at radius 1 is 1.00 bits per heavy atom. The third-order valence-electron chi connectivity index (χ3n) is 6.08. The van der Waals surface area contributed by atoms with Crippen molar-refractivity contribution >= 4 is 17.8 Å². The summed E-state index contributed by atoms with van der Waals surface area (Å²) in [7, 11) is 3.06. The van der Waals surface area contributed by atoms with Gasteiger partial charge in [0, 0.05) is 49.5 Å². The minimum absolute atomic E-state index is 0.0415. The molecule has 0 saturated carbocycles. The molecule has 0 radical (unpaired) electrons. The van der Waals surface area contributed by atoms with E-state index in [2.05, 4.69) is 20.3 Å². The van der Waals surface area contributed by atoms with Crippen LogP contribution in [-0.2, 0) is 6.54 Å². The Bertz CT molecular complexity index is 1220. The van der Waals surface area contributed by atoms with Crippen LogP contribution in [0.3, 0.4) is 0 Å². The fourth-order valence-corrected chi connectivity index (χ4v) is 4.11. The quantitative estimate of drug-likeness (QED) is 0.369. The predicted octanol–water partition coefficient (Wildman–Crippen LogP) is 3.63. The summed E-state index contributed by atoms with van der Waals surface area (Å²) in [5, 5.41) is 13.8. The molecule has 4 rings (SSSR count). The number of carbonyl (C=O) groups is 1. The number of benzene rings is 3. The maximum atomic E-state index is 13.2. The number of nitrogens with one attached hydrogen (secondary N) is 1. The molecule has 0 spiro atoms. The topological polar surface area (TPSA) is 86.6 Å². The van der Waals surface area contributed by atoms with Crippen LogP contribution >= 0.6 is 0 Å². The van der Waals surface area contributed by atoms with Gasteiger partial charge in [0.1, 0.15) is 11.6 Å². The second-order valence-electron chi connectivity index (χ2n) is 8.40. The summed E-state index contributed by atoms with van der Waals surface area (Å²) in [6, 6.07) is 16.7. The molecule has 36 heavy (non-hydrogen) atoms. The van der Waals surface area contributed by atoms with Crippen LogP contribution in [0.4, 0.5) is 10.1 Å². The normalized spacial score (nSPS) is 14.1. The summed E-state index contributed by atoms with van der Waals surface area (Å²) >= 11 is 0. The highest BCUT2D eigenvalue weighted by molar-refractivity contribution is 5.95. The fraction of sp³-hybridized carbons (Fsp3) is 0.259. The molecule has 8 nitrogen and oxygen atoms in total. The minimum Gasteiger partial charge on any atom is -0.504 e. The summed E-state index contributed by atoms with van der Waals surface area (Å²) in [6.45, 7) is 4.14. The first-order valence-electron chi connectivity index (χ1n) is 11.6. The number of anilines is 1. The molecule has 188 valence electrons. The van der Waals surface area contributed by atoms with Crippen LogP contribution in [0.1, 0.15) is 21.5 Å². The van der Waals surface area contributed by atoms with E-state index in [0.29, 0.717) is 12.1 Å². The monoisotopic (exact) mass is 492 g/mol. The Balaban J connectivity index is 1.36. The third-order valence-corrected chi connectivity index (χ3v) is 6.08. The van der Waals surface area contributed by atoms with E-state index in [9.17, 15) is 14.3 Å². The molecule has 1 aliphatic rings. The molecule has 1 amide bonds. The number of aromatic hydroxyl groups is 1. The van der Waals surface area contributed by atoms with E-state index in [0.717, 1.165) is 48.7 Å². The van der Waals surface area contributed by atoms with E-state index in [-0.39, 0.29) is 17.3 Å². The summed E-state index contributed by atoms with van der Waals surface area (Å²) in [5.74, 6) is 0.309. The van der Waals surface area contributed by atoms with Crippen LogP contribution in [0.5, 0.6) is 17.2 Å². The fourth-order valence-electron chi connectivity index (χ4n) is 4.11. The first kappa shape index (κ1) is 25.0. The van der Waals surface area contributed by atoms with Crippen LogP contribution in [0.15, 0.2) is 65.8 Å². The Kier molecular flexibility index (Phi) is 8.02. The second kappa shape index (κ2) is 11.5. The zero-order valence-corrected chi connectivity index (χ0v) is 20.3. The van der Waals surface area contributed by atoms with Crippen molar-refractivity contribution in [2.45, 2.75) is 6.54 Å². The van der Waals surface area contributed by atoms with Crippen LogP contribution in [0.2, 0.25) is 0 Å². The maximum Gasteiger partial charge on any atom is 0.271 e. The van der Waals surface area contributed by atoms with Crippen LogP contribution < -0.4 is 19.8 Å². The summed E-state index contributed by atoms with van der Waals surface area (Å²) in [6.07, 6.45) is 1.57. The highest BCUT2D eigenvalue weighted by atomic mass is 19.1. The number of hydrogen-bond donors (Lipinski definition) is 2. The van der Waals surface area contributed by atoms with Crippen molar-refractivity contribution in [1.82, 2.24) is 10.3 Å². The van der Waals surface area contributed by atoms with Crippen LogP contribution in [0, 0.1) is 5.82 Å². The van der Waals surface area contributed by atoms with Gasteiger partial charge in [-0.15, -0.1) is 0 Å². The summed E-state index contributed by atoms with van der Waals surface area (Å²) in [4.78, 5) is 17.0. The van der Waals surface area contributed by atoms with Gasteiger partial charge in [-0.25, -0.2) is 9.82 Å². The van der Waals surface area contributed by atoms with Gasteiger partial charge in [-0.3, -0.25) is 9.69 Å². The molecule has 0 atom stereocenters. The number of amides is 1. The van der Waals surface area contributed by atoms with E-state index in [1.165, 1.54) is 37.4 Å². The molecule has 3 aromatic carbocycles. The number of hydrazone groups is 1.